The fraction of sp³-hybridized carbons (Fsp3) is 0.562. The number of alkyl halides is 2. The average molecular weight is 556 g/mol. The van der Waals surface area contributed by atoms with E-state index in [1.807, 2.05) is 22.6 Å². The Balaban J connectivity index is 1.66. The van der Waals surface area contributed by atoms with Crippen LogP contribution in [0, 0.1) is 8.99 Å². The lowest BCUT2D eigenvalue weighted by Crippen LogP contribution is -2.71. The van der Waals surface area contributed by atoms with Crippen molar-refractivity contribution in [3.63, 3.8) is 0 Å². The highest BCUT2D eigenvalue weighted by Crippen LogP contribution is 2.50. The predicted octanol–water partition coefficient (Wildman–Crippen LogP) is 1.52. The Bertz CT molecular complexity index is 1130. The zero-order chi connectivity index (χ0) is 22.1. The third-order valence-corrected chi connectivity index (χ3v) is 8.21. The van der Waals surface area contributed by atoms with Crippen molar-refractivity contribution in [3.8, 4) is 0 Å². The number of likely N-dealkylation sites (tertiary alicyclic amines) is 1. The largest absolute Gasteiger partial charge is 0.465 e. The Morgan fingerprint density at radius 3 is 2.53 bits per heavy atom. The van der Waals surface area contributed by atoms with E-state index >= 15 is 0 Å². The molecular formula is C16H19F2IN6O4S. The van der Waals surface area contributed by atoms with Gasteiger partial charge in [-0.15, -0.1) is 0 Å². The highest BCUT2D eigenvalue weighted by atomic mass is 127. The van der Waals surface area contributed by atoms with Crippen LogP contribution < -0.4 is 4.90 Å². The van der Waals surface area contributed by atoms with Gasteiger partial charge >= 0.3 is 16.3 Å². The summed E-state index contributed by atoms with van der Waals surface area (Å²) in [5.74, 6) is -2.98. The maximum Gasteiger partial charge on any atom is 0.407 e. The quantitative estimate of drug-likeness (QED) is 0.571. The number of fused-ring (bicyclic) bond motifs is 1. The summed E-state index contributed by atoms with van der Waals surface area (Å²) in [7, 11) is -1.10. The second kappa shape index (κ2) is 6.85. The summed E-state index contributed by atoms with van der Waals surface area (Å²) >= 11 is 1.95. The summed E-state index contributed by atoms with van der Waals surface area (Å²) < 4.78 is 57.7. The van der Waals surface area contributed by atoms with E-state index in [-0.39, 0.29) is 37.5 Å². The lowest BCUT2D eigenvalue weighted by atomic mass is 9.69. The van der Waals surface area contributed by atoms with Crippen LogP contribution >= 0.6 is 22.6 Å². The molecule has 2 saturated heterocycles. The van der Waals surface area contributed by atoms with Crippen LogP contribution in [0.4, 0.5) is 19.4 Å². The number of carbonyl (C=O) groups is 1. The van der Waals surface area contributed by atoms with Gasteiger partial charge in [0.25, 0.3) is 5.92 Å². The van der Waals surface area contributed by atoms with Gasteiger partial charge in [-0.3, -0.25) is 0 Å². The second-order valence-corrected chi connectivity index (χ2v) is 10.9. The number of rotatable bonds is 3. The van der Waals surface area contributed by atoms with Crippen LogP contribution in [0.1, 0.15) is 6.42 Å². The van der Waals surface area contributed by atoms with E-state index < -0.39 is 34.2 Å². The minimum atomic E-state index is -3.87. The maximum absolute atomic E-state index is 15.0. The Labute approximate surface area is 184 Å². The number of anilines is 1. The van der Waals surface area contributed by atoms with Gasteiger partial charge in [0.1, 0.15) is 11.3 Å². The number of halogens is 3. The molecule has 1 spiro atoms. The van der Waals surface area contributed by atoms with Crippen molar-refractivity contribution in [1.29, 1.82) is 0 Å². The van der Waals surface area contributed by atoms with E-state index in [0.717, 1.165) is 13.2 Å². The van der Waals surface area contributed by atoms with Crippen LogP contribution in [-0.4, -0.2) is 89.0 Å². The van der Waals surface area contributed by atoms with Crippen molar-refractivity contribution in [3.05, 3.63) is 16.0 Å². The molecule has 2 aliphatic rings. The molecule has 4 rings (SSSR count). The molecule has 0 atom stereocenters. The average Bonchev–Trinajstić information content (AvgIpc) is 2.95. The summed E-state index contributed by atoms with van der Waals surface area (Å²) in [6, 6.07) is 0. The van der Waals surface area contributed by atoms with E-state index in [2.05, 4.69) is 9.97 Å². The lowest BCUT2D eigenvalue weighted by molar-refractivity contribution is -0.188. The predicted molar refractivity (Wildman–Crippen MR) is 112 cm³/mol. The summed E-state index contributed by atoms with van der Waals surface area (Å²) in [6.07, 6.45) is 1.64. The summed E-state index contributed by atoms with van der Waals surface area (Å²) in [5.41, 5.74) is -0.945. The molecule has 30 heavy (non-hydrogen) atoms. The van der Waals surface area contributed by atoms with E-state index in [9.17, 15) is 22.0 Å². The molecule has 2 aromatic heterocycles. The number of aromatic nitrogens is 3. The highest BCUT2D eigenvalue weighted by molar-refractivity contribution is 14.1. The molecule has 0 radical (unpaired) electrons. The number of piperidine rings is 1. The van der Waals surface area contributed by atoms with Crippen molar-refractivity contribution in [2.24, 2.45) is 5.41 Å². The van der Waals surface area contributed by atoms with Gasteiger partial charge < -0.3 is 14.9 Å². The van der Waals surface area contributed by atoms with Crippen molar-refractivity contribution in [2.45, 2.75) is 12.3 Å². The standard InChI is InChI=1S/C16H19F2IN6O4S/c1-22(2)30(28,29)25-6-10(19)12-13(25)21-11(5-20-12)23-4-3-15(16(17,18)9-23)7-24(8-15)14(26)27/h5-6H,3-4,7-9H2,1-2H3,(H,26,27). The van der Waals surface area contributed by atoms with Gasteiger partial charge in [0.05, 0.1) is 21.7 Å². The molecule has 10 nitrogen and oxygen atoms in total. The van der Waals surface area contributed by atoms with Gasteiger partial charge in [-0.1, -0.05) is 0 Å². The Morgan fingerprint density at radius 1 is 1.30 bits per heavy atom. The van der Waals surface area contributed by atoms with Crippen LogP contribution in [0.25, 0.3) is 11.2 Å². The van der Waals surface area contributed by atoms with Crippen LogP contribution in [0.2, 0.25) is 0 Å². The number of amides is 1. The van der Waals surface area contributed by atoms with Gasteiger partial charge in [-0.2, -0.15) is 12.7 Å². The molecule has 0 unspecified atom stereocenters. The molecule has 14 heteroatoms. The smallest absolute Gasteiger partial charge is 0.407 e. The summed E-state index contributed by atoms with van der Waals surface area (Å²) in [5, 5.41) is 8.98. The molecule has 2 aromatic rings. The monoisotopic (exact) mass is 556 g/mol. The lowest BCUT2D eigenvalue weighted by Gasteiger charge is -2.56. The molecule has 1 N–H and O–H groups in total. The van der Waals surface area contributed by atoms with E-state index in [4.69, 9.17) is 5.11 Å². The zero-order valence-electron chi connectivity index (χ0n) is 16.1. The number of carboxylic acid groups (broad SMARTS) is 1. The molecule has 0 aliphatic carbocycles. The third kappa shape index (κ3) is 3.10. The van der Waals surface area contributed by atoms with E-state index in [1.54, 1.807) is 0 Å². The molecule has 2 aliphatic heterocycles. The van der Waals surface area contributed by atoms with Crippen LogP contribution in [-0.2, 0) is 10.2 Å². The molecular weight excluding hydrogens is 537 g/mol. The third-order valence-electron chi connectivity index (χ3n) is 5.72. The first kappa shape index (κ1) is 21.4. The van der Waals surface area contributed by atoms with Crippen molar-refractivity contribution >= 4 is 55.9 Å². The van der Waals surface area contributed by atoms with E-state index in [0.29, 0.717) is 9.09 Å². The number of hydrogen-bond donors (Lipinski definition) is 1. The SMILES string of the molecule is CN(C)S(=O)(=O)n1cc(I)c2ncc(N3CCC4(CN(C(=O)O)C4)C(F)(F)C3)nc21. The minimum absolute atomic E-state index is 0.0647. The molecule has 0 bridgehead atoms. The summed E-state index contributed by atoms with van der Waals surface area (Å²) in [6.45, 7) is -0.799. The van der Waals surface area contributed by atoms with Crippen molar-refractivity contribution in [2.75, 3.05) is 45.2 Å². The second-order valence-electron chi connectivity index (χ2n) is 7.76. The Hall–Kier alpha value is -1.81. The maximum atomic E-state index is 15.0. The fourth-order valence-corrected chi connectivity index (χ4v) is 5.63. The summed E-state index contributed by atoms with van der Waals surface area (Å²) in [4.78, 5) is 21.9. The first-order valence-electron chi connectivity index (χ1n) is 8.95. The topological polar surface area (TPSA) is 112 Å². The van der Waals surface area contributed by atoms with Gasteiger partial charge in [0, 0.05) is 39.9 Å². The van der Waals surface area contributed by atoms with Crippen LogP contribution in [0.5, 0.6) is 0 Å². The molecule has 1 amide bonds. The van der Waals surface area contributed by atoms with Crippen LogP contribution in [0.15, 0.2) is 12.4 Å². The first-order valence-corrected chi connectivity index (χ1v) is 11.4. The first-order chi connectivity index (χ1) is 13.9. The Morgan fingerprint density at radius 2 is 1.97 bits per heavy atom. The van der Waals surface area contributed by atoms with Gasteiger partial charge in [0.15, 0.2) is 5.65 Å². The number of hydrogen-bond acceptors (Lipinski definition) is 6. The van der Waals surface area contributed by atoms with E-state index in [1.165, 1.54) is 31.4 Å². The van der Waals surface area contributed by atoms with Crippen LogP contribution in [0.3, 0.4) is 0 Å². The molecule has 0 saturated carbocycles. The highest BCUT2D eigenvalue weighted by Gasteiger charge is 2.63. The van der Waals surface area contributed by atoms with Gasteiger partial charge in [-0.25, -0.2) is 27.5 Å². The van der Waals surface area contributed by atoms with Gasteiger partial charge in [-0.05, 0) is 29.0 Å². The molecule has 2 fully saturated rings. The fourth-order valence-electron chi connectivity index (χ4n) is 3.84. The Kier molecular flexibility index (Phi) is 4.89. The molecule has 4 heterocycles. The minimum Gasteiger partial charge on any atom is -0.465 e. The molecule has 164 valence electrons. The normalized spacial score (nSPS) is 20.7. The van der Waals surface area contributed by atoms with Crippen molar-refractivity contribution < 1.29 is 27.1 Å². The number of nitrogens with zero attached hydrogens (tertiary/aromatic N) is 6. The zero-order valence-corrected chi connectivity index (χ0v) is 19.1. The molecule has 0 aromatic carbocycles. The van der Waals surface area contributed by atoms with Gasteiger partial charge in [0.2, 0.25) is 0 Å². The van der Waals surface area contributed by atoms with Crippen molar-refractivity contribution in [1.82, 2.24) is 23.1 Å².